The Morgan fingerprint density at radius 2 is 2.06 bits per heavy atom. The minimum atomic E-state index is -0.502. The van der Waals surface area contributed by atoms with Crippen LogP contribution in [-0.4, -0.2) is 12.6 Å². The summed E-state index contributed by atoms with van der Waals surface area (Å²) < 4.78 is 5.40. The first kappa shape index (κ1) is 9.46. The largest absolute Gasteiger partial charge is 0.464 e. The van der Waals surface area contributed by atoms with Crippen molar-refractivity contribution >= 4 is 5.97 Å². The van der Waals surface area contributed by atoms with Crippen LogP contribution in [0.15, 0.2) is 42.5 Å². The normalized spacial score (nSPS) is 45.4. The average molecular weight is 226 g/mol. The highest BCUT2D eigenvalue weighted by Crippen LogP contribution is 2.75. The van der Waals surface area contributed by atoms with Crippen LogP contribution in [0.2, 0.25) is 0 Å². The number of benzene rings is 1. The Hall–Kier alpha value is -1.57. The fourth-order valence-corrected chi connectivity index (χ4v) is 4.11. The number of cyclic esters (lactones) is 1. The van der Waals surface area contributed by atoms with E-state index >= 15 is 0 Å². The zero-order valence-electron chi connectivity index (χ0n) is 9.72. The minimum absolute atomic E-state index is 0.0193. The van der Waals surface area contributed by atoms with Gasteiger partial charge in [-0.15, -0.1) is 0 Å². The fraction of sp³-hybridized carbons (Fsp3) is 0.400. The Bertz CT molecular complexity index is 533. The third-order valence-corrected chi connectivity index (χ3v) is 5.12. The van der Waals surface area contributed by atoms with Crippen molar-refractivity contribution in [3.63, 3.8) is 0 Å². The molecule has 0 aromatic heterocycles. The summed E-state index contributed by atoms with van der Waals surface area (Å²) in [5, 5.41) is 0. The molecular formula is C15H14O2. The summed E-state index contributed by atoms with van der Waals surface area (Å²) in [5.74, 6) is 1.01. The highest BCUT2D eigenvalue weighted by molar-refractivity contribution is 5.92. The molecule has 1 aromatic carbocycles. The molecule has 1 saturated carbocycles. The second kappa shape index (κ2) is 2.63. The molecule has 0 N–H and O–H groups in total. The predicted molar refractivity (Wildman–Crippen MR) is 63.3 cm³/mol. The van der Waals surface area contributed by atoms with Crippen molar-refractivity contribution in [3.8, 4) is 0 Å². The topological polar surface area (TPSA) is 26.3 Å². The van der Waals surface area contributed by atoms with Crippen molar-refractivity contribution in [2.75, 3.05) is 6.61 Å². The van der Waals surface area contributed by atoms with Crippen LogP contribution in [0.3, 0.4) is 0 Å². The molecule has 2 nitrogen and oxygen atoms in total. The van der Waals surface area contributed by atoms with E-state index in [2.05, 4.69) is 19.1 Å². The number of carbonyl (C=O) groups excluding carboxylic acids is 1. The number of rotatable bonds is 1. The van der Waals surface area contributed by atoms with Crippen molar-refractivity contribution in [3.05, 3.63) is 48.0 Å². The Morgan fingerprint density at radius 1 is 1.29 bits per heavy atom. The van der Waals surface area contributed by atoms with Crippen molar-refractivity contribution in [1.82, 2.24) is 0 Å². The Morgan fingerprint density at radius 3 is 2.76 bits per heavy atom. The second-order valence-corrected chi connectivity index (χ2v) is 5.46. The molecule has 1 aliphatic heterocycles. The first-order valence-corrected chi connectivity index (χ1v) is 6.15. The van der Waals surface area contributed by atoms with Crippen LogP contribution in [-0.2, 0) is 14.9 Å². The van der Waals surface area contributed by atoms with E-state index in [1.807, 2.05) is 30.3 Å². The van der Waals surface area contributed by atoms with Gasteiger partial charge in [0, 0.05) is 5.41 Å². The maximum absolute atomic E-state index is 12.3. The number of allylic oxidation sites excluding steroid dienone is 1. The van der Waals surface area contributed by atoms with E-state index < -0.39 is 5.41 Å². The molecule has 0 unspecified atom stereocenters. The first-order chi connectivity index (χ1) is 8.23. The Kier molecular flexibility index (Phi) is 1.47. The van der Waals surface area contributed by atoms with Gasteiger partial charge in [0.05, 0.1) is 6.61 Å². The summed E-state index contributed by atoms with van der Waals surface area (Å²) in [4.78, 5) is 12.3. The molecule has 0 radical (unpaired) electrons. The SMILES string of the molecule is C[C@@H]1[C@H]2C=C[C@]3(c4ccccc4)C(=O)OC[C@]123. The summed E-state index contributed by atoms with van der Waals surface area (Å²) in [5.41, 5.74) is 0.606. The molecule has 4 atom stereocenters. The Balaban J connectivity index is 1.97. The molecule has 17 heavy (non-hydrogen) atoms. The standard InChI is InChI=1S/C15H14O2/c1-10-12-7-8-14(11-5-3-2-4-6-11)13(16)17-9-15(10,12)14/h2-8,10,12H,9H2,1H3/t10-,12-,14+,15+/m1/s1. The van der Waals surface area contributed by atoms with Gasteiger partial charge in [-0.2, -0.15) is 0 Å². The van der Waals surface area contributed by atoms with E-state index in [0.717, 1.165) is 5.56 Å². The van der Waals surface area contributed by atoms with Gasteiger partial charge < -0.3 is 4.74 Å². The van der Waals surface area contributed by atoms with Crippen LogP contribution in [0.4, 0.5) is 0 Å². The van der Waals surface area contributed by atoms with E-state index in [-0.39, 0.29) is 11.4 Å². The van der Waals surface area contributed by atoms with Crippen LogP contribution in [0.5, 0.6) is 0 Å². The van der Waals surface area contributed by atoms with Crippen molar-refractivity contribution < 1.29 is 9.53 Å². The third kappa shape index (κ3) is 0.781. The van der Waals surface area contributed by atoms with Crippen LogP contribution < -0.4 is 0 Å². The lowest BCUT2D eigenvalue weighted by molar-refractivity contribution is -0.141. The highest BCUT2D eigenvalue weighted by Gasteiger charge is 2.80. The fourth-order valence-electron chi connectivity index (χ4n) is 4.11. The van der Waals surface area contributed by atoms with Gasteiger partial charge in [0.15, 0.2) is 0 Å². The van der Waals surface area contributed by atoms with Gasteiger partial charge >= 0.3 is 5.97 Å². The summed E-state index contributed by atoms with van der Waals surface area (Å²) in [6.07, 6.45) is 4.31. The molecule has 86 valence electrons. The molecule has 2 fully saturated rings. The lowest BCUT2D eigenvalue weighted by Crippen LogP contribution is -2.37. The van der Waals surface area contributed by atoms with E-state index in [9.17, 15) is 4.79 Å². The molecule has 1 heterocycles. The number of hydrogen-bond acceptors (Lipinski definition) is 2. The molecule has 0 bridgehead atoms. The van der Waals surface area contributed by atoms with E-state index in [1.165, 1.54) is 0 Å². The van der Waals surface area contributed by atoms with Crippen LogP contribution in [0, 0.1) is 17.3 Å². The van der Waals surface area contributed by atoms with Gasteiger partial charge in [-0.25, -0.2) is 0 Å². The molecule has 2 aliphatic carbocycles. The lowest BCUT2D eigenvalue weighted by atomic mass is 9.70. The van der Waals surface area contributed by atoms with Crippen LogP contribution >= 0.6 is 0 Å². The van der Waals surface area contributed by atoms with Gasteiger partial charge in [0.25, 0.3) is 0 Å². The quantitative estimate of drug-likeness (QED) is 0.542. The zero-order valence-corrected chi connectivity index (χ0v) is 9.72. The maximum Gasteiger partial charge on any atom is 0.321 e. The monoisotopic (exact) mass is 226 g/mol. The van der Waals surface area contributed by atoms with E-state index in [1.54, 1.807) is 0 Å². The van der Waals surface area contributed by atoms with Crippen LogP contribution in [0.25, 0.3) is 0 Å². The van der Waals surface area contributed by atoms with Gasteiger partial charge in [0.2, 0.25) is 0 Å². The van der Waals surface area contributed by atoms with Gasteiger partial charge in [0.1, 0.15) is 5.41 Å². The highest BCUT2D eigenvalue weighted by atomic mass is 16.5. The molecule has 3 aliphatic rings. The van der Waals surface area contributed by atoms with Gasteiger partial charge in [-0.05, 0) is 17.4 Å². The summed E-state index contributed by atoms with van der Waals surface area (Å²) in [7, 11) is 0. The number of esters is 1. The van der Waals surface area contributed by atoms with Crippen LogP contribution in [0.1, 0.15) is 12.5 Å². The summed E-state index contributed by atoms with van der Waals surface area (Å²) in [6.45, 7) is 2.81. The molecule has 2 heteroatoms. The summed E-state index contributed by atoms with van der Waals surface area (Å²) >= 11 is 0. The average Bonchev–Trinajstić information content (AvgIpc) is 2.72. The zero-order chi connectivity index (χ0) is 11.7. The van der Waals surface area contributed by atoms with Gasteiger partial charge in [-0.3, -0.25) is 4.79 Å². The molecule has 1 saturated heterocycles. The van der Waals surface area contributed by atoms with Crippen molar-refractivity contribution in [2.45, 2.75) is 12.3 Å². The molecule has 1 aromatic rings. The molecule has 1 spiro atoms. The minimum Gasteiger partial charge on any atom is -0.464 e. The molecule has 0 amide bonds. The van der Waals surface area contributed by atoms with E-state index in [0.29, 0.717) is 18.4 Å². The summed E-state index contributed by atoms with van der Waals surface area (Å²) in [6, 6.07) is 10.1. The predicted octanol–water partition coefficient (Wildman–Crippen LogP) is 2.30. The number of hydrogen-bond donors (Lipinski definition) is 0. The second-order valence-electron chi connectivity index (χ2n) is 5.46. The lowest BCUT2D eigenvalue weighted by Gasteiger charge is -2.27. The maximum atomic E-state index is 12.3. The van der Waals surface area contributed by atoms with Crippen molar-refractivity contribution in [1.29, 1.82) is 0 Å². The Labute approximate surface area is 100 Å². The van der Waals surface area contributed by atoms with Gasteiger partial charge in [-0.1, -0.05) is 49.4 Å². The number of ether oxygens (including phenoxy) is 1. The number of carbonyl (C=O) groups is 1. The third-order valence-electron chi connectivity index (χ3n) is 5.12. The molecular weight excluding hydrogens is 212 g/mol. The van der Waals surface area contributed by atoms with Crippen molar-refractivity contribution in [2.24, 2.45) is 17.3 Å². The first-order valence-electron chi connectivity index (χ1n) is 6.15. The smallest absolute Gasteiger partial charge is 0.321 e. The van der Waals surface area contributed by atoms with E-state index in [4.69, 9.17) is 4.74 Å². The molecule has 4 rings (SSSR count).